The van der Waals surface area contributed by atoms with Gasteiger partial charge < -0.3 is 15.0 Å². The van der Waals surface area contributed by atoms with E-state index in [9.17, 15) is 9.59 Å². The average Bonchev–Trinajstić information content (AvgIpc) is 3.27. The van der Waals surface area contributed by atoms with Gasteiger partial charge in [-0.05, 0) is 23.3 Å². The molecule has 0 radical (unpaired) electrons. The van der Waals surface area contributed by atoms with Crippen LogP contribution in [0.15, 0.2) is 90.2 Å². The van der Waals surface area contributed by atoms with Gasteiger partial charge in [0.25, 0.3) is 5.91 Å². The molecule has 1 aromatic heterocycles. The first-order valence-electron chi connectivity index (χ1n) is 10.7. The molecule has 1 atom stereocenters. The van der Waals surface area contributed by atoms with Gasteiger partial charge in [-0.15, -0.1) is 0 Å². The second-order valence-electron chi connectivity index (χ2n) is 7.58. The van der Waals surface area contributed by atoms with Crippen molar-refractivity contribution in [3.05, 3.63) is 107 Å². The summed E-state index contributed by atoms with van der Waals surface area (Å²) in [7, 11) is 0. The number of benzene rings is 3. The highest BCUT2D eigenvalue weighted by molar-refractivity contribution is 6.33. The number of carbonyl (C=O) groups is 2. The van der Waals surface area contributed by atoms with E-state index in [2.05, 4.69) is 20.8 Å². The zero-order chi connectivity index (χ0) is 23.8. The van der Waals surface area contributed by atoms with Gasteiger partial charge in [-0.1, -0.05) is 78.3 Å². The van der Waals surface area contributed by atoms with Gasteiger partial charge in [-0.3, -0.25) is 4.79 Å². The molecule has 34 heavy (non-hydrogen) atoms. The summed E-state index contributed by atoms with van der Waals surface area (Å²) in [6.07, 6.45) is 2.84. The topological polar surface area (TPSA) is 95.6 Å². The molecule has 3 N–H and O–H groups in total. The molecule has 3 aromatic carbocycles. The van der Waals surface area contributed by atoms with E-state index in [1.807, 2.05) is 66.9 Å². The summed E-state index contributed by atoms with van der Waals surface area (Å²) in [5.74, 6) is -0.481. The van der Waals surface area contributed by atoms with Gasteiger partial charge in [-0.2, -0.15) is 5.10 Å². The Labute approximate surface area is 201 Å². The van der Waals surface area contributed by atoms with Crippen LogP contribution < -0.4 is 10.7 Å². The van der Waals surface area contributed by atoms with E-state index in [0.29, 0.717) is 10.6 Å². The minimum absolute atomic E-state index is 0.0960. The maximum Gasteiger partial charge on any atom is 0.408 e. The Bertz CT molecular complexity index is 1300. The predicted molar refractivity (Wildman–Crippen MR) is 133 cm³/mol. The van der Waals surface area contributed by atoms with Crippen molar-refractivity contribution in [3.8, 4) is 0 Å². The number of amides is 2. The third-order valence-electron chi connectivity index (χ3n) is 5.20. The van der Waals surface area contributed by atoms with Crippen molar-refractivity contribution >= 4 is 40.7 Å². The largest absolute Gasteiger partial charge is 0.445 e. The molecule has 0 aliphatic rings. The Balaban J connectivity index is 1.46. The fourth-order valence-electron chi connectivity index (χ4n) is 3.46. The van der Waals surface area contributed by atoms with E-state index in [4.69, 9.17) is 16.3 Å². The van der Waals surface area contributed by atoms with Crippen molar-refractivity contribution in [2.24, 2.45) is 5.10 Å². The number of nitrogens with zero attached hydrogens (tertiary/aromatic N) is 1. The monoisotopic (exact) mass is 474 g/mol. The quantitative estimate of drug-likeness (QED) is 0.252. The number of alkyl carbamates (subject to hydrolysis) is 1. The van der Waals surface area contributed by atoms with Crippen LogP contribution in [0, 0.1) is 0 Å². The number of aromatic amines is 1. The first-order valence-corrected chi connectivity index (χ1v) is 11.1. The minimum Gasteiger partial charge on any atom is -0.445 e. The van der Waals surface area contributed by atoms with Crippen LogP contribution in [0.1, 0.15) is 16.7 Å². The molecular weight excluding hydrogens is 452 g/mol. The number of nitrogens with one attached hydrogen (secondary N) is 3. The van der Waals surface area contributed by atoms with Gasteiger partial charge in [0.15, 0.2) is 0 Å². The molecule has 2 amide bonds. The molecule has 4 rings (SSSR count). The number of aromatic nitrogens is 1. The zero-order valence-corrected chi connectivity index (χ0v) is 19.0. The molecule has 0 saturated carbocycles. The average molecular weight is 475 g/mol. The molecule has 4 aromatic rings. The van der Waals surface area contributed by atoms with E-state index < -0.39 is 18.0 Å². The predicted octanol–water partition coefficient (Wildman–Crippen LogP) is 4.81. The fraction of sp³-hybridized carbons (Fsp3) is 0.115. The Morgan fingerprint density at radius 1 is 1.00 bits per heavy atom. The molecule has 0 saturated heterocycles. The van der Waals surface area contributed by atoms with Gasteiger partial charge >= 0.3 is 6.09 Å². The molecule has 0 fully saturated rings. The Hall–Kier alpha value is -4.10. The molecule has 0 bridgehead atoms. The third-order valence-corrected chi connectivity index (χ3v) is 5.55. The van der Waals surface area contributed by atoms with E-state index in [0.717, 1.165) is 22.0 Å². The number of para-hydroxylation sites is 1. The van der Waals surface area contributed by atoms with E-state index >= 15 is 0 Å². The molecule has 0 unspecified atom stereocenters. The standard InChI is InChI=1S/C26H23ClN4O3/c27-22-12-6-4-10-19(22)16-29-31-25(32)24(14-20-15-28-23-13-7-5-11-21(20)23)30-26(33)34-17-18-8-2-1-3-9-18/h1-13,15-16,24,28H,14,17H2,(H,30,33)(H,31,32)/b29-16-/t24-/m1/s1. The zero-order valence-electron chi connectivity index (χ0n) is 18.2. The summed E-state index contributed by atoms with van der Waals surface area (Å²) in [6.45, 7) is 0.0960. The highest BCUT2D eigenvalue weighted by atomic mass is 35.5. The van der Waals surface area contributed by atoms with Crippen LogP contribution in [-0.4, -0.2) is 29.2 Å². The first kappa shape index (κ1) is 23.1. The van der Waals surface area contributed by atoms with Gasteiger partial charge in [0.2, 0.25) is 0 Å². The van der Waals surface area contributed by atoms with Gasteiger partial charge in [-0.25, -0.2) is 10.2 Å². The SMILES string of the molecule is O=C(N[C@H](Cc1c[nH]c2ccccc12)C(=O)N/N=C\c1ccccc1Cl)OCc1ccccc1. The lowest BCUT2D eigenvalue weighted by Crippen LogP contribution is -2.47. The second kappa shape index (κ2) is 11.2. The highest BCUT2D eigenvalue weighted by Crippen LogP contribution is 2.19. The molecule has 172 valence electrons. The van der Waals surface area contributed by atoms with Crippen molar-refractivity contribution in [1.82, 2.24) is 15.7 Å². The molecule has 0 spiro atoms. The van der Waals surface area contributed by atoms with E-state index in [-0.39, 0.29) is 13.0 Å². The summed E-state index contributed by atoms with van der Waals surface area (Å²) in [5.41, 5.74) is 5.82. The second-order valence-corrected chi connectivity index (χ2v) is 7.99. The number of carbonyl (C=O) groups excluding carboxylic acids is 2. The van der Waals surface area contributed by atoms with Gasteiger partial charge in [0.1, 0.15) is 12.6 Å². The Morgan fingerprint density at radius 2 is 1.74 bits per heavy atom. The van der Waals surface area contributed by atoms with Crippen LogP contribution >= 0.6 is 11.6 Å². The van der Waals surface area contributed by atoms with Crippen LogP contribution in [0.25, 0.3) is 10.9 Å². The van der Waals surface area contributed by atoms with Crippen molar-refractivity contribution in [2.75, 3.05) is 0 Å². The number of hydrogen-bond donors (Lipinski definition) is 3. The molecular formula is C26H23ClN4O3. The van der Waals surface area contributed by atoms with Crippen molar-refractivity contribution < 1.29 is 14.3 Å². The number of hydrazone groups is 1. The van der Waals surface area contributed by atoms with Crippen molar-refractivity contribution in [2.45, 2.75) is 19.1 Å². The normalized spacial score (nSPS) is 11.9. The summed E-state index contributed by atoms with van der Waals surface area (Å²) in [6, 6.07) is 23.3. The van der Waals surface area contributed by atoms with Crippen LogP contribution in [0.2, 0.25) is 5.02 Å². The van der Waals surface area contributed by atoms with Crippen LogP contribution in [0.5, 0.6) is 0 Å². The maximum absolute atomic E-state index is 13.0. The molecule has 7 nitrogen and oxygen atoms in total. The van der Waals surface area contributed by atoms with Gasteiger partial charge in [0, 0.05) is 34.1 Å². The molecule has 8 heteroatoms. The number of fused-ring (bicyclic) bond motifs is 1. The molecule has 1 heterocycles. The fourth-order valence-corrected chi connectivity index (χ4v) is 3.64. The van der Waals surface area contributed by atoms with E-state index in [1.165, 1.54) is 6.21 Å². The Morgan fingerprint density at radius 3 is 2.56 bits per heavy atom. The first-order chi connectivity index (χ1) is 16.6. The highest BCUT2D eigenvalue weighted by Gasteiger charge is 2.23. The van der Waals surface area contributed by atoms with Crippen molar-refractivity contribution in [3.63, 3.8) is 0 Å². The van der Waals surface area contributed by atoms with Crippen LogP contribution in [-0.2, 0) is 22.6 Å². The third kappa shape index (κ3) is 6.02. The number of hydrogen-bond acceptors (Lipinski definition) is 4. The number of rotatable bonds is 8. The van der Waals surface area contributed by atoms with Gasteiger partial charge in [0.05, 0.1) is 6.21 Å². The summed E-state index contributed by atoms with van der Waals surface area (Å²) in [4.78, 5) is 28.6. The molecule has 0 aliphatic heterocycles. The van der Waals surface area contributed by atoms with Crippen LogP contribution in [0.4, 0.5) is 4.79 Å². The lowest BCUT2D eigenvalue weighted by atomic mass is 10.0. The number of ether oxygens (including phenoxy) is 1. The summed E-state index contributed by atoms with van der Waals surface area (Å²) in [5, 5.41) is 8.15. The summed E-state index contributed by atoms with van der Waals surface area (Å²) < 4.78 is 5.31. The minimum atomic E-state index is -0.911. The van der Waals surface area contributed by atoms with Crippen LogP contribution in [0.3, 0.4) is 0 Å². The number of halogens is 1. The smallest absolute Gasteiger partial charge is 0.408 e. The van der Waals surface area contributed by atoms with E-state index in [1.54, 1.807) is 18.2 Å². The maximum atomic E-state index is 13.0. The van der Waals surface area contributed by atoms with Crippen molar-refractivity contribution in [1.29, 1.82) is 0 Å². The Kier molecular flexibility index (Phi) is 7.57. The summed E-state index contributed by atoms with van der Waals surface area (Å²) >= 11 is 6.13. The lowest BCUT2D eigenvalue weighted by Gasteiger charge is -2.17. The number of H-pyrrole nitrogens is 1. The lowest BCUT2D eigenvalue weighted by molar-refractivity contribution is -0.123. The molecule has 0 aliphatic carbocycles.